The summed E-state index contributed by atoms with van der Waals surface area (Å²) in [6.07, 6.45) is 4.62. The van der Waals surface area contributed by atoms with Crippen LogP contribution in [0.2, 0.25) is 0 Å². The molecular formula is C15H19NO. The Kier molecular flexibility index (Phi) is 2.98. The molecule has 0 bridgehead atoms. The summed E-state index contributed by atoms with van der Waals surface area (Å²) in [5.74, 6) is 0.982. The molecular weight excluding hydrogens is 210 g/mol. The molecule has 2 atom stereocenters. The van der Waals surface area contributed by atoms with E-state index in [1.807, 2.05) is 0 Å². The van der Waals surface area contributed by atoms with Crippen LogP contribution in [0.15, 0.2) is 24.3 Å². The smallest absolute Gasteiger partial charge is 0.124 e. The van der Waals surface area contributed by atoms with E-state index < -0.39 is 0 Å². The van der Waals surface area contributed by atoms with Crippen LogP contribution in [0.3, 0.4) is 0 Å². The second-order valence-electron chi connectivity index (χ2n) is 5.40. The van der Waals surface area contributed by atoms with Crippen LogP contribution >= 0.6 is 0 Å². The number of carbonyl (C=O) groups is 1. The van der Waals surface area contributed by atoms with Crippen molar-refractivity contribution >= 4 is 6.29 Å². The number of piperidine rings is 1. The molecule has 1 aliphatic carbocycles. The Morgan fingerprint density at radius 2 is 2.24 bits per heavy atom. The number of hydrogen-bond donors (Lipinski definition) is 0. The third kappa shape index (κ3) is 2.14. The molecule has 3 rings (SSSR count). The van der Waals surface area contributed by atoms with Crippen molar-refractivity contribution in [2.45, 2.75) is 25.2 Å². The lowest BCUT2D eigenvalue weighted by Crippen LogP contribution is -2.40. The monoisotopic (exact) mass is 229 g/mol. The molecule has 1 aromatic rings. The first-order valence-electron chi connectivity index (χ1n) is 6.62. The van der Waals surface area contributed by atoms with Crippen molar-refractivity contribution in [3.05, 3.63) is 35.4 Å². The Hall–Kier alpha value is -1.15. The highest BCUT2D eigenvalue weighted by Crippen LogP contribution is 2.35. The third-order valence-corrected chi connectivity index (χ3v) is 4.17. The maximum absolute atomic E-state index is 10.8. The van der Waals surface area contributed by atoms with Crippen molar-refractivity contribution in [1.29, 1.82) is 0 Å². The van der Waals surface area contributed by atoms with E-state index >= 15 is 0 Å². The second-order valence-corrected chi connectivity index (χ2v) is 5.40. The minimum Gasteiger partial charge on any atom is -0.303 e. The van der Waals surface area contributed by atoms with Crippen LogP contribution in [0.5, 0.6) is 0 Å². The molecule has 2 nitrogen and oxygen atoms in total. The van der Waals surface area contributed by atoms with Crippen LogP contribution < -0.4 is 0 Å². The van der Waals surface area contributed by atoms with Gasteiger partial charge in [-0.2, -0.15) is 0 Å². The number of aldehydes is 1. The molecule has 90 valence electrons. The summed E-state index contributed by atoms with van der Waals surface area (Å²) in [6, 6.07) is 8.74. The highest BCUT2D eigenvalue weighted by Gasteiger charge is 2.29. The molecule has 0 radical (unpaired) electrons. The number of carbonyl (C=O) groups excluding carboxylic acids is 1. The molecule has 0 saturated carbocycles. The maximum atomic E-state index is 10.8. The summed E-state index contributed by atoms with van der Waals surface area (Å²) in [5.41, 5.74) is 3.04. The molecule has 17 heavy (non-hydrogen) atoms. The highest BCUT2D eigenvalue weighted by atomic mass is 16.1. The summed E-state index contributed by atoms with van der Waals surface area (Å²) >= 11 is 0. The van der Waals surface area contributed by atoms with Crippen LogP contribution in [-0.4, -0.2) is 30.8 Å². The van der Waals surface area contributed by atoms with Gasteiger partial charge < -0.3 is 9.69 Å². The van der Waals surface area contributed by atoms with Gasteiger partial charge in [-0.15, -0.1) is 0 Å². The van der Waals surface area contributed by atoms with E-state index in [-0.39, 0.29) is 5.92 Å². The Morgan fingerprint density at radius 1 is 1.35 bits per heavy atom. The van der Waals surface area contributed by atoms with Crippen LogP contribution in [0.1, 0.15) is 29.9 Å². The summed E-state index contributed by atoms with van der Waals surface area (Å²) in [7, 11) is 0. The van der Waals surface area contributed by atoms with E-state index in [0.29, 0.717) is 5.92 Å². The molecule has 0 spiro atoms. The lowest BCUT2D eigenvalue weighted by atomic mass is 9.77. The molecule has 1 fully saturated rings. The molecule has 2 unspecified atom stereocenters. The molecule has 1 saturated heterocycles. The normalized spacial score (nSPS) is 28.2. The van der Waals surface area contributed by atoms with Gasteiger partial charge in [0.05, 0.1) is 0 Å². The van der Waals surface area contributed by atoms with Crippen molar-refractivity contribution in [3.8, 4) is 0 Å². The van der Waals surface area contributed by atoms with Gasteiger partial charge >= 0.3 is 0 Å². The molecule has 0 amide bonds. The Morgan fingerprint density at radius 3 is 3.06 bits per heavy atom. The van der Waals surface area contributed by atoms with Crippen LogP contribution in [0.25, 0.3) is 0 Å². The van der Waals surface area contributed by atoms with Gasteiger partial charge in [0.15, 0.2) is 0 Å². The molecule has 1 aromatic carbocycles. The van der Waals surface area contributed by atoms with Gasteiger partial charge in [-0.05, 0) is 36.9 Å². The molecule has 1 aliphatic heterocycles. The molecule has 0 aromatic heterocycles. The lowest BCUT2D eigenvalue weighted by Gasteiger charge is -2.37. The first-order chi connectivity index (χ1) is 8.36. The van der Waals surface area contributed by atoms with Crippen LogP contribution in [0.4, 0.5) is 0 Å². The maximum Gasteiger partial charge on any atom is 0.124 e. The predicted molar refractivity (Wildman–Crippen MR) is 68.1 cm³/mol. The standard InChI is InChI=1S/C15H19NO/c17-11-12-4-3-7-16(9-12)10-14-8-13-5-1-2-6-15(13)14/h1-2,5-6,11-12,14H,3-4,7-10H2. The quantitative estimate of drug-likeness (QED) is 0.741. The number of nitrogens with zero attached hydrogens (tertiary/aromatic N) is 1. The summed E-state index contributed by atoms with van der Waals surface area (Å²) in [4.78, 5) is 13.3. The molecule has 2 heteroatoms. The summed E-state index contributed by atoms with van der Waals surface area (Å²) < 4.78 is 0. The Balaban J connectivity index is 1.60. The van der Waals surface area contributed by atoms with E-state index in [2.05, 4.69) is 29.2 Å². The van der Waals surface area contributed by atoms with Gasteiger partial charge in [-0.1, -0.05) is 24.3 Å². The van der Waals surface area contributed by atoms with Crippen molar-refractivity contribution in [2.24, 2.45) is 5.92 Å². The lowest BCUT2D eigenvalue weighted by molar-refractivity contribution is -0.112. The third-order valence-electron chi connectivity index (χ3n) is 4.17. The zero-order chi connectivity index (χ0) is 11.7. The number of likely N-dealkylation sites (tertiary alicyclic amines) is 1. The van der Waals surface area contributed by atoms with E-state index in [0.717, 1.165) is 25.8 Å². The van der Waals surface area contributed by atoms with Crippen molar-refractivity contribution in [2.75, 3.05) is 19.6 Å². The predicted octanol–water partition coefficient (Wildman–Crippen LogP) is 2.24. The number of fused-ring (bicyclic) bond motifs is 1. The fourth-order valence-corrected chi connectivity index (χ4v) is 3.21. The second kappa shape index (κ2) is 4.61. The van der Waals surface area contributed by atoms with Gasteiger partial charge in [0, 0.05) is 24.9 Å². The fraction of sp³-hybridized carbons (Fsp3) is 0.533. The average molecular weight is 229 g/mol. The first kappa shape index (κ1) is 11.0. The number of rotatable bonds is 3. The molecule has 2 aliphatic rings. The zero-order valence-electron chi connectivity index (χ0n) is 10.1. The Labute approximate surface area is 103 Å². The van der Waals surface area contributed by atoms with Gasteiger partial charge in [0.1, 0.15) is 6.29 Å². The minimum atomic E-state index is 0.277. The van der Waals surface area contributed by atoms with Crippen LogP contribution in [-0.2, 0) is 11.2 Å². The number of hydrogen-bond acceptors (Lipinski definition) is 2. The van der Waals surface area contributed by atoms with Crippen molar-refractivity contribution in [1.82, 2.24) is 4.90 Å². The SMILES string of the molecule is O=CC1CCCN(CC2Cc3ccccc32)C1. The zero-order valence-corrected chi connectivity index (χ0v) is 10.1. The van der Waals surface area contributed by atoms with E-state index in [9.17, 15) is 4.79 Å². The molecule has 1 heterocycles. The Bertz CT molecular complexity index is 415. The number of benzene rings is 1. The minimum absolute atomic E-state index is 0.277. The van der Waals surface area contributed by atoms with E-state index in [1.165, 1.54) is 30.5 Å². The summed E-state index contributed by atoms with van der Waals surface area (Å²) in [5, 5.41) is 0. The van der Waals surface area contributed by atoms with E-state index in [1.54, 1.807) is 0 Å². The van der Waals surface area contributed by atoms with E-state index in [4.69, 9.17) is 0 Å². The van der Waals surface area contributed by atoms with Crippen LogP contribution in [0, 0.1) is 5.92 Å². The molecule has 0 N–H and O–H groups in total. The van der Waals surface area contributed by atoms with Gasteiger partial charge in [-0.25, -0.2) is 0 Å². The average Bonchev–Trinajstić information content (AvgIpc) is 2.36. The van der Waals surface area contributed by atoms with Gasteiger partial charge in [-0.3, -0.25) is 0 Å². The van der Waals surface area contributed by atoms with Crippen molar-refractivity contribution < 1.29 is 4.79 Å². The topological polar surface area (TPSA) is 20.3 Å². The summed E-state index contributed by atoms with van der Waals surface area (Å²) in [6.45, 7) is 3.28. The van der Waals surface area contributed by atoms with Gasteiger partial charge in [0.2, 0.25) is 0 Å². The van der Waals surface area contributed by atoms with Gasteiger partial charge in [0.25, 0.3) is 0 Å². The largest absolute Gasteiger partial charge is 0.303 e. The van der Waals surface area contributed by atoms with Crippen molar-refractivity contribution in [3.63, 3.8) is 0 Å². The highest BCUT2D eigenvalue weighted by molar-refractivity contribution is 5.54. The first-order valence-corrected chi connectivity index (χ1v) is 6.62. The fourth-order valence-electron chi connectivity index (χ4n) is 3.21.